The molecule has 0 saturated carbocycles. The van der Waals surface area contributed by atoms with E-state index in [9.17, 15) is 18.8 Å². The molecule has 0 heterocycles. The highest BCUT2D eigenvalue weighted by molar-refractivity contribution is 6.04. The average Bonchev–Trinajstić information content (AvgIpc) is 2.79. The Balaban J connectivity index is 1.49. The van der Waals surface area contributed by atoms with Crippen molar-refractivity contribution in [1.82, 2.24) is 10.6 Å². The van der Waals surface area contributed by atoms with Gasteiger partial charge in [-0.15, -0.1) is 0 Å². The molecular weight excluding hydrogens is 409 g/mol. The van der Waals surface area contributed by atoms with Gasteiger partial charge < -0.3 is 16.0 Å². The zero-order chi connectivity index (χ0) is 22.8. The van der Waals surface area contributed by atoms with Gasteiger partial charge >= 0.3 is 0 Å². The summed E-state index contributed by atoms with van der Waals surface area (Å²) in [6, 6.07) is 22.2. The van der Waals surface area contributed by atoms with Crippen molar-refractivity contribution in [2.75, 3.05) is 18.4 Å². The molecule has 32 heavy (non-hydrogen) atoms. The van der Waals surface area contributed by atoms with Crippen LogP contribution in [0.4, 0.5) is 10.1 Å². The first kappa shape index (κ1) is 22.7. The van der Waals surface area contributed by atoms with Gasteiger partial charge in [0.2, 0.25) is 11.8 Å². The molecule has 0 aromatic heterocycles. The second-order valence-electron chi connectivity index (χ2n) is 7.17. The van der Waals surface area contributed by atoms with E-state index in [0.29, 0.717) is 29.8 Å². The third kappa shape index (κ3) is 7.05. The zero-order valence-corrected chi connectivity index (χ0v) is 17.4. The van der Waals surface area contributed by atoms with E-state index < -0.39 is 17.6 Å². The van der Waals surface area contributed by atoms with E-state index in [1.54, 1.807) is 30.3 Å². The van der Waals surface area contributed by atoms with Crippen LogP contribution in [-0.4, -0.2) is 30.8 Å². The van der Waals surface area contributed by atoms with Gasteiger partial charge in [0.1, 0.15) is 5.82 Å². The molecule has 3 amide bonds. The molecule has 164 valence electrons. The molecule has 6 nitrogen and oxygen atoms in total. The van der Waals surface area contributed by atoms with Gasteiger partial charge in [-0.3, -0.25) is 14.4 Å². The van der Waals surface area contributed by atoms with Gasteiger partial charge in [-0.2, -0.15) is 0 Å². The normalized spacial score (nSPS) is 10.3. The number of halogens is 1. The van der Waals surface area contributed by atoms with Crippen LogP contribution < -0.4 is 16.0 Å². The Hall–Kier alpha value is -4.00. The number of nitrogens with one attached hydrogen (secondary N) is 3. The second kappa shape index (κ2) is 11.4. The highest BCUT2D eigenvalue weighted by atomic mass is 19.1. The molecular formula is C25H24FN3O3. The van der Waals surface area contributed by atoms with Crippen LogP contribution in [0.2, 0.25) is 0 Å². The van der Waals surface area contributed by atoms with E-state index in [2.05, 4.69) is 16.0 Å². The van der Waals surface area contributed by atoms with Crippen LogP contribution in [0.1, 0.15) is 21.5 Å². The Morgan fingerprint density at radius 3 is 2.25 bits per heavy atom. The van der Waals surface area contributed by atoms with Gasteiger partial charge in [0.05, 0.1) is 24.2 Å². The number of hydrogen-bond acceptors (Lipinski definition) is 3. The molecule has 3 aromatic carbocycles. The highest BCUT2D eigenvalue weighted by Crippen LogP contribution is 2.15. The number of rotatable bonds is 9. The van der Waals surface area contributed by atoms with Crippen LogP contribution in [0, 0.1) is 5.82 Å². The van der Waals surface area contributed by atoms with Crippen LogP contribution in [0.5, 0.6) is 0 Å². The lowest BCUT2D eigenvalue weighted by atomic mass is 10.1. The van der Waals surface area contributed by atoms with E-state index in [1.165, 1.54) is 18.2 Å². The number of carbonyl (C=O) groups is 3. The molecule has 3 rings (SSSR count). The van der Waals surface area contributed by atoms with E-state index in [-0.39, 0.29) is 18.9 Å². The summed E-state index contributed by atoms with van der Waals surface area (Å²) in [5.74, 6) is -1.60. The topological polar surface area (TPSA) is 87.3 Å². The monoisotopic (exact) mass is 433 g/mol. The second-order valence-corrected chi connectivity index (χ2v) is 7.17. The van der Waals surface area contributed by atoms with Gasteiger partial charge in [0, 0.05) is 6.54 Å². The molecule has 0 spiro atoms. The minimum absolute atomic E-state index is 0.0363. The third-order valence-electron chi connectivity index (χ3n) is 4.69. The SMILES string of the molecule is O=C(Cc1cccc(F)c1)NCC(=O)Nc1ccccc1C(=O)NCCc1ccccc1. The number of benzene rings is 3. The number of anilines is 1. The summed E-state index contributed by atoms with van der Waals surface area (Å²) >= 11 is 0. The van der Waals surface area contributed by atoms with Gasteiger partial charge in [0.15, 0.2) is 0 Å². The van der Waals surface area contributed by atoms with Crippen LogP contribution in [0.15, 0.2) is 78.9 Å². The lowest BCUT2D eigenvalue weighted by molar-refractivity contribution is -0.123. The summed E-state index contributed by atoms with van der Waals surface area (Å²) in [4.78, 5) is 36.9. The zero-order valence-electron chi connectivity index (χ0n) is 17.4. The molecule has 0 fully saturated rings. The molecule has 0 aliphatic rings. The van der Waals surface area contributed by atoms with Crippen LogP contribution in [-0.2, 0) is 22.4 Å². The van der Waals surface area contributed by atoms with Gasteiger partial charge in [-0.05, 0) is 41.8 Å². The van der Waals surface area contributed by atoms with Crippen LogP contribution >= 0.6 is 0 Å². The Bertz CT molecular complexity index is 1090. The van der Waals surface area contributed by atoms with Crippen molar-refractivity contribution in [3.8, 4) is 0 Å². The lowest BCUT2D eigenvalue weighted by Crippen LogP contribution is -2.34. The molecule has 0 saturated heterocycles. The summed E-state index contributed by atoms with van der Waals surface area (Å²) in [5.41, 5.74) is 2.32. The minimum atomic E-state index is -0.470. The first-order chi connectivity index (χ1) is 15.5. The van der Waals surface area contributed by atoms with E-state index >= 15 is 0 Å². The van der Waals surface area contributed by atoms with Gasteiger partial charge in [-0.25, -0.2) is 4.39 Å². The molecule has 3 aromatic rings. The summed E-state index contributed by atoms with van der Waals surface area (Å²) in [7, 11) is 0. The van der Waals surface area contributed by atoms with Crippen molar-refractivity contribution < 1.29 is 18.8 Å². The highest BCUT2D eigenvalue weighted by Gasteiger charge is 2.13. The van der Waals surface area contributed by atoms with Crippen molar-refractivity contribution in [2.24, 2.45) is 0 Å². The van der Waals surface area contributed by atoms with E-state index in [4.69, 9.17) is 0 Å². The maximum absolute atomic E-state index is 13.2. The van der Waals surface area contributed by atoms with Crippen molar-refractivity contribution >= 4 is 23.4 Å². The predicted octanol–water partition coefficient (Wildman–Crippen LogP) is 3.10. The summed E-state index contributed by atoms with van der Waals surface area (Å²) in [6.07, 6.45) is 0.657. The number of amides is 3. The largest absolute Gasteiger partial charge is 0.352 e. The fourth-order valence-corrected chi connectivity index (χ4v) is 3.12. The fraction of sp³-hybridized carbons (Fsp3) is 0.160. The molecule has 0 aliphatic carbocycles. The first-order valence-corrected chi connectivity index (χ1v) is 10.2. The molecule has 0 unspecified atom stereocenters. The van der Waals surface area contributed by atoms with Crippen molar-refractivity contribution in [2.45, 2.75) is 12.8 Å². The third-order valence-corrected chi connectivity index (χ3v) is 4.69. The molecule has 0 radical (unpaired) electrons. The van der Waals surface area contributed by atoms with Crippen molar-refractivity contribution in [3.05, 3.63) is 101 Å². The van der Waals surface area contributed by atoms with Gasteiger partial charge in [0.25, 0.3) is 5.91 Å². The Kier molecular flexibility index (Phi) is 8.09. The van der Waals surface area contributed by atoms with E-state index in [0.717, 1.165) is 5.56 Å². The predicted molar refractivity (Wildman–Crippen MR) is 121 cm³/mol. The quantitative estimate of drug-likeness (QED) is 0.485. The van der Waals surface area contributed by atoms with E-state index in [1.807, 2.05) is 30.3 Å². The van der Waals surface area contributed by atoms with Crippen molar-refractivity contribution in [3.63, 3.8) is 0 Å². The summed E-state index contributed by atoms with van der Waals surface area (Å²) < 4.78 is 13.2. The molecule has 3 N–H and O–H groups in total. The maximum Gasteiger partial charge on any atom is 0.253 e. The lowest BCUT2D eigenvalue weighted by Gasteiger charge is -2.12. The molecule has 0 atom stereocenters. The van der Waals surface area contributed by atoms with Crippen LogP contribution in [0.3, 0.4) is 0 Å². The number of hydrogen-bond donors (Lipinski definition) is 3. The summed E-state index contributed by atoms with van der Waals surface area (Å²) in [5, 5.41) is 8.00. The summed E-state index contributed by atoms with van der Waals surface area (Å²) in [6.45, 7) is 0.194. The van der Waals surface area contributed by atoms with Gasteiger partial charge in [-0.1, -0.05) is 54.6 Å². The standard InChI is InChI=1S/C25H24FN3O3/c26-20-10-6-9-19(15-20)16-23(30)28-17-24(31)29-22-12-5-4-11-21(22)25(32)27-14-13-18-7-2-1-3-8-18/h1-12,15H,13-14,16-17H2,(H,27,32)(H,28,30)(H,29,31). The Morgan fingerprint density at radius 2 is 1.47 bits per heavy atom. The molecule has 0 aliphatic heterocycles. The average molecular weight is 433 g/mol. The minimum Gasteiger partial charge on any atom is -0.352 e. The fourth-order valence-electron chi connectivity index (χ4n) is 3.12. The smallest absolute Gasteiger partial charge is 0.253 e. The van der Waals surface area contributed by atoms with Crippen LogP contribution in [0.25, 0.3) is 0 Å². The first-order valence-electron chi connectivity index (χ1n) is 10.2. The van der Waals surface area contributed by atoms with Crippen molar-refractivity contribution in [1.29, 1.82) is 0 Å². The number of para-hydroxylation sites is 1. The maximum atomic E-state index is 13.2. The Labute approximate surface area is 185 Å². The Morgan fingerprint density at radius 1 is 0.750 bits per heavy atom. The molecule has 7 heteroatoms. The molecule has 0 bridgehead atoms. The number of carbonyl (C=O) groups excluding carboxylic acids is 3.